The number of nitrogens with one attached hydrogen (secondary N) is 1. The van der Waals surface area contributed by atoms with Crippen LogP contribution < -0.4 is 5.32 Å². The molecule has 1 N–H and O–H groups in total. The molecule has 3 aliphatic rings. The highest BCUT2D eigenvalue weighted by molar-refractivity contribution is 7.91. The molecular weight excluding hydrogens is 264 g/mol. The van der Waals surface area contributed by atoms with Crippen LogP contribution in [0.5, 0.6) is 0 Å². The average Bonchev–Trinajstić information content (AvgIpc) is 2.92. The molecule has 3 saturated heterocycles. The van der Waals surface area contributed by atoms with E-state index in [4.69, 9.17) is 0 Å². The fourth-order valence-electron chi connectivity index (χ4n) is 3.66. The minimum absolute atomic E-state index is 0.0492. The number of fused-ring (bicyclic) bond motifs is 1. The van der Waals surface area contributed by atoms with E-state index in [1.807, 2.05) is 4.90 Å². The third-order valence-corrected chi connectivity index (χ3v) is 6.58. The van der Waals surface area contributed by atoms with Gasteiger partial charge < -0.3 is 10.2 Å². The van der Waals surface area contributed by atoms with Gasteiger partial charge in [-0.3, -0.25) is 4.79 Å². The van der Waals surface area contributed by atoms with Gasteiger partial charge >= 0.3 is 0 Å². The molecular formula is C13H22N2O3S. The van der Waals surface area contributed by atoms with Crippen molar-refractivity contribution in [3.05, 3.63) is 0 Å². The molecule has 3 heterocycles. The Morgan fingerprint density at radius 3 is 2.79 bits per heavy atom. The molecule has 0 spiro atoms. The van der Waals surface area contributed by atoms with Crippen LogP contribution in [0.2, 0.25) is 0 Å². The number of carbonyl (C=O) groups is 1. The fourth-order valence-corrected chi connectivity index (χ4v) is 5.52. The van der Waals surface area contributed by atoms with Crippen molar-refractivity contribution in [3.63, 3.8) is 0 Å². The van der Waals surface area contributed by atoms with Crippen LogP contribution in [-0.2, 0) is 14.6 Å². The van der Waals surface area contributed by atoms with Gasteiger partial charge in [-0.15, -0.1) is 0 Å². The number of rotatable bonds is 2. The Kier molecular flexibility index (Phi) is 3.55. The summed E-state index contributed by atoms with van der Waals surface area (Å²) in [5.74, 6) is 1.27. The second-order valence-electron chi connectivity index (χ2n) is 6.23. The Hall–Kier alpha value is -0.620. The van der Waals surface area contributed by atoms with E-state index in [1.54, 1.807) is 0 Å². The van der Waals surface area contributed by atoms with E-state index in [2.05, 4.69) is 5.32 Å². The van der Waals surface area contributed by atoms with Crippen LogP contribution >= 0.6 is 0 Å². The van der Waals surface area contributed by atoms with Crippen molar-refractivity contribution >= 4 is 15.7 Å². The molecule has 19 heavy (non-hydrogen) atoms. The molecule has 3 atom stereocenters. The van der Waals surface area contributed by atoms with E-state index in [0.717, 1.165) is 19.6 Å². The SMILES string of the molecule is O=C(CC1CCS(=O)(=O)C1)N1C[C@@H]2CCCN[C@@H]2C1. The summed E-state index contributed by atoms with van der Waals surface area (Å²) in [5.41, 5.74) is 0. The predicted molar refractivity (Wildman–Crippen MR) is 72.5 cm³/mol. The molecule has 0 bridgehead atoms. The van der Waals surface area contributed by atoms with E-state index < -0.39 is 9.84 Å². The molecule has 1 amide bonds. The molecule has 0 saturated carbocycles. The molecule has 0 aliphatic carbocycles. The molecule has 3 fully saturated rings. The quantitative estimate of drug-likeness (QED) is 0.777. The third-order valence-electron chi connectivity index (χ3n) is 4.74. The van der Waals surface area contributed by atoms with Crippen LogP contribution in [0, 0.1) is 11.8 Å². The van der Waals surface area contributed by atoms with E-state index in [1.165, 1.54) is 12.8 Å². The predicted octanol–water partition coefficient (Wildman–Crippen LogP) is 0.0216. The number of nitrogens with zero attached hydrogens (tertiary/aromatic N) is 1. The Bertz CT molecular complexity index is 449. The second-order valence-corrected chi connectivity index (χ2v) is 8.46. The number of hydrogen-bond acceptors (Lipinski definition) is 4. The van der Waals surface area contributed by atoms with Crippen molar-refractivity contribution in [2.75, 3.05) is 31.1 Å². The number of amides is 1. The zero-order chi connectivity index (χ0) is 13.5. The van der Waals surface area contributed by atoms with Crippen LogP contribution in [0.1, 0.15) is 25.7 Å². The first-order valence-corrected chi connectivity index (χ1v) is 9.07. The first-order valence-electron chi connectivity index (χ1n) is 7.25. The number of carbonyl (C=O) groups excluding carboxylic acids is 1. The first kappa shape index (κ1) is 13.4. The lowest BCUT2D eigenvalue weighted by molar-refractivity contribution is -0.131. The number of piperidine rings is 1. The van der Waals surface area contributed by atoms with Gasteiger partial charge in [-0.1, -0.05) is 0 Å². The second kappa shape index (κ2) is 5.05. The molecule has 3 rings (SSSR count). The maximum atomic E-state index is 12.3. The Morgan fingerprint density at radius 1 is 1.26 bits per heavy atom. The summed E-state index contributed by atoms with van der Waals surface area (Å²) in [6.45, 7) is 2.73. The maximum absolute atomic E-state index is 12.3. The average molecular weight is 286 g/mol. The van der Waals surface area contributed by atoms with Gasteiger partial charge in [-0.25, -0.2) is 8.42 Å². The molecule has 3 aliphatic heterocycles. The molecule has 5 nitrogen and oxygen atoms in total. The molecule has 0 aromatic carbocycles. The summed E-state index contributed by atoms with van der Waals surface area (Å²) in [5, 5.41) is 3.48. The highest BCUT2D eigenvalue weighted by atomic mass is 32.2. The third kappa shape index (κ3) is 2.94. The van der Waals surface area contributed by atoms with E-state index >= 15 is 0 Å². The summed E-state index contributed by atoms with van der Waals surface area (Å²) in [7, 11) is -2.87. The lowest BCUT2D eigenvalue weighted by atomic mass is 9.94. The Balaban J connectivity index is 1.54. The van der Waals surface area contributed by atoms with Crippen molar-refractivity contribution < 1.29 is 13.2 Å². The standard InChI is InChI=1S/C13H22N2O3S/c16-13(6-10-3-5-19(17,18)9-10)15-7-11-2-1-4-14-12(11)8-15/h10-12,14H,1-9H2/t10?,11-,12+/m0/s1. The van der Waals surface area contributed by atoms with Crippen LogP contribution in [0.4, 0.5) is 0 Å². The van der Waals surface area contributed by atoms with Gasteiger partial charge in [-0.2, -0.15) is 0 Å². The largest absolute Gasteiger partial charge is 0.341 e. The summed E-state index contributed by atoms with van der Waals surface area (Å²) in [4.78, 5) is 14.2. The zero-order valence-electron chi connectivity index (χ0n) is 11.2. The number of likely N-dealkylation sites (tertiary alicyclic amines) is 1. The zero-order valence-corrected chi connectivity index (χ0v) is 12.0. The van der Waals surface area contributed by atoms with Crippen molar-refractivity contribution in [2.24, 2.45) is 11.8 Å². The van der Waals surface area contributed by atoms with Crippen molar-refractivity contribution in [2.45, 2.75) is 31.7 Å². The first-order chi connectivity index (χ1) is 9.03. The maximum Gasteiger partial charge on any atom is 0.222 e. The molecule has 0 aromatic rings. The highest BCUT2D eigenvalue weighted by Gasteiger charge is 2.38. The monoisotopic (exact) mass is 286 g/mol. The van der Waals surface area contributed by atoms with Crippen molar-refractivity contribution in [1.29, 1.82) is 0 Å². The van der Waals surface area contributed by atoms with Crippen LogP contribution in [0.15, 0.2) is 0 Å². The van der Waals surface area contributed by atoms with Gasteiger partial charge in [0.15, 0.2) is 9.84 Å². The summed E-state index contributed by atoms with van der Waals surface area (Å²) >= 11 is 0. The van der Waals surface area contributed by atoms with Gasteiger partial charge in [0.05, 0.1) is 11.5 Å². The molecule has 0 aromatic heterocycles. The molecule has 1 unspecified atom stereocenters. The molecule has 108 valence electrons. The Morgan fingerprint density at radius 2 is 2.11 bits per heavy atom. The normalized spacial score (nSPS) is 37.3. The van der Waals surface area contributed by atoms with Crippen LogP contribution in [0.25, 0.3) is 0 Å². The highest BCUT2D eigenvalue weighted by Crippen LogP contribution is 2.27. The van der Waals surface area contributed by atoms with Gasteiger partial charge in [-0.05, 0) is 37.6 Å². The summed E-state index contributed by atoms with van der Waals surface area (Å²) in [6.07, 6.45) is 3.48. The Labute approximate surface area is 114 Å². The summed E-state index contributed by atoms with van der Waals surface area (Å²) < 4.78 is 22.8. The minimum atomic E-state index is -2.87. The molecule has 0 radical (unpaired) electrons. The fraction of sp³-hybridized carbons (Fsp3) is 0.923. The van der Waals surface area contributed by atoms with Gasteiger partial charge in [0, 0.05) is 25.6 Å². The van der Waals surface area contributed by atoms with Crippen molar-refractivity contribution in [1.82, 2.24) is 10.2 Å². The summed E-state index contributed by atoms with van der Waals surface area (Å²) in [6, 6.07) is 0.463. The smallest absolute Gasteiger partial charge is 0.222 e. The van der Waals surface area contributed by atoms with Crippen molar-refractivity contribution in [3.8, 4) is 0 Å². The number of sulfone groups is 1. The lowest BCUT2D eigenvalue weighted by Crippen LogP contribution is -2.41. The van der Waals surface area contributed by atoms with Crippen LogP contribution in [-0.4, -0.2) is 56.4 Å². The van der Waals surface area contributed by atoms with E-state index in [-0.39, 0.29) is 23.3 Å². The molecule has 6 heteroatoms. The van der Waals surface area contributed by atoms with Gasteiger partial charge in [0.1, 0.15) is 0 Å². The number of hydrogen-bond donors (Lipinski definition) is 1. The lowest BCUT2D eigenvalue weighted by Gasteiger charge is -2.24. The van der Waals surface area contributed by atoms with Gasteiger partial charge in [0.25, 0.3) is 0 Å². The topological polar surface area (TPSA) is 66.5 Å². The van der Waals surface area contributed by atoms with Crippen LogP contribution in [0.3, 0.4) is 0 Å². The van der Waals surface area contributed by atoms with Gasteiger partial charge in [0.2, 0.25) is 5.91 Å². The van der Waals surface area contributed by atoms with E-state index in [9.17, 15) is 13.2 Å². The minimum Gasteiger partial charge on any atom is -0.341 e. The van der Waals surface area contributed by atoms with E-state index in [0.29, 0.717) is 24.8 Å².